The summed E-state index contributed by atoms with van der Waals surface area (Å²) in [4.78, 5) is 13.0. The van der Waals surface area contributed by atoms with E-state index in [9.17, 15) is 18.0 Å². The number of hydrogen-bond donors (Lipinski definition) is 4. The third-order valence-electron chi connectivity index (χ3n) is 5.11. The molecule has 0 heterocycles. The van der Waals surface area contributed by atoms with E-state index in [1.165, 1.54) is 18.2 Å². The molecule has 2 unspecified atom stereocenters. The summed E-state index contributed by atoms with van der Waals surface area (Å²) >= 11 is 0. The van der Waals surface area contributed by atoms with E-state index >= 15 is 0 Å². The first kappa shape index (κ1) is 24.1. The summed E-state index contributed by atoms with van der Waals surface area (Å²) in [5.41, 5.74) is 20.5. The molecule has 3 rings (SSSR count). The number of rotatable bonds is 8. The quantitative estimate of drug-likeness (QED) is 0.376. The molecular formula is C24H25F3N4O2. The molecule has 0 aromatic heterocycles. The van der Waals surface area contributed by atoms with Gasteiger partial charge in [-0.2, -0.15) is 0 Å². The van der Waals surface area contributed by atoms with Crippen LogP contribution in [0.3, 0.4) is 0 Å². The minimum atomic E-state index is -4.81. The van der Waals surface area contributed by atoms with Crippen molar-refractivity contribution in [1.29, 1.82) is 0 Å². The zero-order valence-electron chi connectivity index (χ0n) is 17.7. The summed E-state index contributed by atoms with van der Waals surface area (Å²) in [6.07, 6.45) is -4.35. The highest BCUT2D eigenvalue weighted by molar-refractivity contribution is 5.96. The van der Waals surface area contributed by atoms with Crippen LogP contribution >= 0.6 is 0 Å². The predicted octanol–water partition coefficient (Wildman–Crippen LogP) is 4.29. The molecule has 9 heteroatoms. The Morgan fingerprint density at radius 1 is 0.970 bits per heavy atom. The van der Waals surface area contributed by atoms with Crippen LogP contribution in [-0.4, -0.2) is 18.8 Å². The summed E-state index contributed by atoms with van der Waals surface area (Å²) in [7, 11) is 0. The zero-order valence-corrected chi connectivity index (χ0v) is 17.7. The second-order valence-electron chi connectivity index (χ2n) is 7.47. The molecule has 174 valence electrons. The highest BCUT2D eigenvalue weighted by atomic mass is 19.4. The van der Waals surface area contributed by atoms with Gasteiger partial charge in [0, 0.05) is 11.4 Å². The van der Waals surface area contributed by atoms with Crippen molar-refractivity contribution < 1.29 is 22.7 Å². The fraction of sp³-hybridized carbons (Fsp3) is 0.208. The first-order valence-corrected chi connectivity index (χ1v) is 10.2. The minimum Gasteiger partial charge on any atom is -0.406 e. The van der Waals surface area contributed by atoms with Crippen molar-refractivity contribution in [2.75, 3.05) is 17.6 Å². The van der Waals surface area contributed by atoms with E-state index in [1.807, 2.05) is 30.3 Å². The van der Waals surface area contributed by atoms with E-state index in [0.717, 1.165) is 5.56 Å². The standard InChI is InChI=1S/C24H25F3N4O2/c25-24(26,27)33-18-8-4-7-16(13-18)22(30)20-14-17(9-10-21(20)29)31-23(32)19(11-12-28)15-5-2-1-3-6-15/h1-10,13-14,19,22H,11-12,28-30H2,(H,31,32). The van der Waals surface area contributed by atoms with Gasteiger partial charge in [0.1, 0.15) is 5.75 Å². The molecule has 0 fully saturated rings. The summed E-state index contributed by atoms with van der Waals surface area (Å²) in [5, 5.41) is 2.86. The highest BCUT2D eigenvalue weighted by Crippen LogP contribution is 2.31. The van der Waals surface area contributed by atoms with Crippen LogP contribution in [0.25, 0.3) is 0 Å². The van der Waals surface area contributed by atoms with Crippen LogP contribution in [0.2, 0.25) is 0 Å². The van der Waals surface area contributed by atoms with Gasteiger partial charge in [-0.05, 0) is 60.0 Å². The maximum atomic E-state index is 13.0. The Kier molecular flexibility index (Phi) is 7.57. The van der Waals surface area contributed by atoms with Gasteiger partial charge in [-0.3, -0.25) is 4.79 Å². The Bertz CT molecular complexity index is 1090. The molecule has 0 saturated heterocycles. The van der Waals surface area contributed by atoms with Gasteiger partial charge in [-0.25, -0.2) is 0 Å². The average molecular weight is 458 g/mol. The third kappa shape index (κ3) is 6.47. The Balaban J connectivity index is 1.83. The summed E-state index contributed by atoms with van der Waals surface area (Å²) < 4.78 is 41.6. The lowest BCUT2D eigenvalue weighted by Crippen LogP contribution is -2.24. The van der Waals surface area contributed by atoms with E-state index in [0.29, 0.717) is 35.5 Å². The molecule has 33 heavy (non-hydrogen) atoms. The van der Waals surface area contributed by atoms with E-state index in [2.05, 4.69) is 10.1 Å². The number of nitrogen functional groups attached to an aromatic ring is 1. The van der Waals surface area contributed by atoms with E-state index in [4.69, 9.17) is 17.2 Å². The largest absolute Gasteiger partial charge is 0.573 e. The van der Waals surface area contributed by atoms with Gasteiger partial charge in [-0.15, -0.1) is 13.2 Å². The topological polar surface area (TPSA) is 116 Å². The third-order valence-corrected chi connectivity index (χ3v) is 5.11. The lowest BCUT2D eigenvalue weighted by atomic mass is 9.94. The number of amides is 1. The fourth-order valence-electron chi connectivity index (χ4n) is 3.54. The number of hydrogen-bond acceptors (Lipinski definition) is 5. The number of nitrogens with two attached hydrogens (primary N) is 3. The van der Waals surface area contributed by atoms with E-state index in [-0.39, 0.29) is 11.7 Å². The molecule has 0 radical (unpaired) electrons. The lowest BCUT2D eigenvalue weighted by Gasteiger charge is -2.20. The molecule has 3 aromatic rings. The van der Waals surface area contributed by atoms with Gasteiger partial charge in [0.2, 0.25) is 5.91 Å². The van der Waals surface area contributed by atoms with Crippen LogP contribution in [0, 0.1) is 0 Å². The molecule has 2 atom stereocenters. The SMILES string of the molecule is NCCC(C(=O)Nc1ccc(N)c(C(N)c2cccc(OC(F)(F)F)c2)c1)c1ccccc1. The smallest absolute Gasteiger partial charge is 0.406 e. The van der Waals surface area contributed by atoms with Crippen molar-refractivity contribution in [1.82, 2.24) is 0 Å². The summed E-state index contributed by atoms with van der Waals surface area (Å²) in [5.74, 6) is -1.07. The van der Waals surface area contributed by atoms with Crippen LogP contribution in [0.5, 0.6) is 5.75 Å². The van der Waals surface area contributed by atoms with Crippen LogP contribution in [0.4, 0.5) is 24.5 Å². The second kappa shape index (κ2) is 10.4. The van der Waals surface area contributed by atoms with Crippen LogP contribution in [0.1, 0.15) is 35.1 Å². The minimum absolute atomic E-state index is 0.239. The van der Waals surface area contributed by atoms with Gasteiger partial charge >= 0.3 is 6.36 Å². The Morgan fingerprint density at radius 2 is 1.67 bits per heavy atom. The molecule has 1 amide bonds. The van der Waals surface area contributed by atoms with Crippen LogP contribution < -0.4 is 27.3 Å². The number of ether oxygens (including phenoxy) is 1. The molecule has 0 saturated carbocycles. The van der Waals surface area contributed by atoms with Crippen LogP contribution in [-0.2, 0) is 4.79 Å². The summed E-state index contributed by atoms with van der Waals surface area (Å²) in [6, 6.07) is 18.7. The van der Waals surface area contributed by atoms with Crippen molar-refractivity contribution >= 4 is 17.3 Å². The van der Waals surface area contributed by atoms with E-state index in [1.54, 1.807) is 24.3 Å². The zero-order chi connectivity index (χ0) is 24.0. The molecule has 0 bridgehead atoms. The second-order valence-corrected chi connectivity index (χ2v) is 7.47. The molecule has 7 N–H and O–H groups in total. The number of carbonyl (C=O) groups is 1. The Labute approximate surface area is 189 Å². The van der Waals surface area contributed by atoms with Crippen molar-refractivity contribution in [2.45, 2.75) is 24.7 Å². The molecule has 0 aliphatic rings. The monoisotopic (exact) mass is 458 g/mol. The Hall–Kier alpha value is -3.56. The Morgan fingerprint density at radius 3 is 2.33 bits per heavy atom. The normalized spacial score (nSPS) is 13.2. The lowest BCUT2D eigenvalue weighted by molar-refractivity contribution is -0.274. The molecule has 6 nitrogen and oxygen atoms in total. The first-order chi connectivity index (χ1) is 15.7. The molecule has 0 aliphatic carbocycles. The molecular weight excluding hydrogens is 433 g/mol. The number of carbonyl (C=O) groups excluding carboxylic acids is 1. The maximum absolute atomic E-state index is 13.0. The number of benzene rings is 3. The first-order valence-electron chi connectivity index (χ1n) is 10.2. The molecule has 0 aliphatic heterocycles. The van der Waals surface area contributed by atoms with Crippen molar-refractivity contribution in [3.8, 4) is 5.75 Å². The highest BCUT2D eigenvalue weighted by Gasteiger charge is 2.31. The van der Waals surface area contributed by atoms with Gasteiger partial charge in [0.25, 0.3) is 0 Å². The number of nitrogens with one attached hydrogen (secondary N) is 1. The van der Waals surface area contributed by atoms with Crippen molar-refractivity contribution in [3.63, 3.8) is 0 Å². The number of anilines is 2. The fourth-order valence-corrected chi connectivity index (χ4v) is 3.54. The van der Waals surface area contributed by atoms with Gasteiger partial charge < -0.3 is 27.3 Å². The predicted molar refractivity (Wildman–Crippen MR) is 121 cm³/mol. The number of halogens is 3. The van der Waals surface area contributed by atoms with Gasteiger partial charge in [-0.1, -0.05) is 42.5 Å². The maximum Gasteiger partial charge on any atom is 0.573 e. The van der Waals surface area contributed by atoms with Crippen LogP contribution in [0.15, 0.2) is 72.8 Å². The molecule has 0 spiro atoms. The van der Waals surface area contributed by atoms with E-state index < -0.39 is 18.3 Å². The van der Waals surface area contributed by atoms with Crippen molar-refractivity contribution in [2.24, 2.45) is 11.5 Å². The number of alkyl halides is 3. The molecule has 3 aromatic carbocycles. The summed E-state index contributed by atoms with van der Waals surface area (Å²) in [6.45, 7) is 0.335. The van der Waals surface area contributed by atoms with Gasteiger partial charge in [0.15, 0.2) is 0 Å². The average Bonchev–Trinajstić information content (AvgIpc) is 2.78. The van der Waals surface area contributed by atoms with Gasteiger partial charge in [0.05, 0.1) is 12.0 Å². The van der Waals surface area contributed by atoms with Crippen molar-refractivity contribution in [3.05, 3.63) is 89.5 Å².